The van der Waals surface area contributed by atoms with Crippen LogP contribution in [0.25, 0.3) is 0 Å². The van der Waals surface area contributed by atoms with Gasteiger partial charge in [-0.2, -0.15) is 0 Å². The lowest BCUT2D eigenvalue weighted by Crippen LogP contribution is -2.40. The van der Waals surface area contributed by atoms with Crippen LogP contribution in [0.2, 0.25) is 0 Å². The number of amides is 1. The normalized spacial score (nSPS) is 11.4. The third kappa shape index (κ3) is 6.85. The van der Waals surface area contributed by atoms with Crippen molar-refractivity contribution in [3.05, 3.63) is 35.9 Å². The van der Waals surface area contributed by atoms with Gasteiger partial charge >= 0.3 is 6.09 Å². The van der Waals surface area contributed by atoms with Crippen molar-refractivity contribution < 1.29 is 14.3 Å². The largest absolute Gasteiger partial charge is 0.444 e. The third-order valence-corrected chi connectivity index (χ3v) is 3.66. The molecule has 4 heteroatoms. The monoisotopic (exact) mass is 319 g/mol. The van der Waals surface area contributed by atoms with E-state index in [9.17, 15) is 9.59 Å². The molecule has 0 aliphatic carbocycles. The Hall–Kier alpha value is -1.84. The fraction of sp³-hybridized carbons (Fsp3) is 0.579. The number of Topliss-reactive ketones (excluding diaryl/α,β-unsaturated/α-hetero) is 1. The van der Waals surface area contributed by atoms with Gasteiger partial charge in [0.1, 0.15) is 5.60 Å². The molecule has 0 aliphatic heterocycles. The Morgan fingerprint density at radius 1 is 1.09 bits per heavy atom. The molecule has 0 bridgehead atoms. The van der Waals surface area contributed by atoms with Crippen molar-refractivity contribution in [2.75, 3.05) is 6.54 Å². The van der Waals surface area contributed by atoms with E-state index in [-0.39, 0.29) is 18.2 Å². The molecule has 1 aromatic rings. The van der Waals surface area contributed by atoms with E-state index in [0.717, 1.165) is 18.4 Å². The van der Waals surface area contributed by atoms with Gasteiger partial charge < -0.3 is 4.74 Å². The highest BCUT2D eigenvalue weighted by Crippen LogP contribution is 2.15. The molecule has 1 aromatic carbocycles. The summed E-state index contributed by atoms with van der Waals surface area (Å²) in [6.07, 6.45) is 1.15. The molecular weight excluding hydrogens is 290 g/mol. The van der Waals surface area contributed by atoms with Crippen LogP contribution < -0.4 is 0 Å². The molecule has 0 N–H and O–H groups in total. The second-order valence-electron chi connectivity index (χ2n) is 6.80. The molecular formula is C19H29NO3. The Morgan fingerprint density at radius 3 is 2.13 bits per heavy atom. The Morgan fingerprint density at radius 2 is 1.65 bits per heavy atom. The third-order valence-electron chi connectivity index (χ3n) is 3.66. The maximum Gasteiger partial charge on any atom is 0.410 e. The number of carbonyl (C=O) groups excluding carboxylic acids is 2. The van der Waals surface area contributed by atoms with E-state index < -0.39 is 11.7 Å². The lowest BCUT2D eigenvalue weighted by molar-refractivity contribution is -0.124. The summed E-state index contributed by atoms with van der Waals surface area (Å²) in [5, 5.41) is 0. The number of hydrogen-bond acceptors (Lipinski definition) is 3. The molecule has 0 fully saturated rings. The van der Waals surface area contributed by atoms with E-state index in [2.05, 4.69) is 0 Å². The first kappa shape index (κ1) is 19.2. The maximum absolute atomic E-state index is 12.4. The van der Waals surface area contributed by atoms with E-state index in [1.165, 1.54) is 4.90 Å². The number of hydrogen-bond donors (Lipinski definition) is 0. The van der Waals surface area contributed by atoms with Crippen molar-refractivity contribution >= 4 is 11.9 Å². The van der Waals surface area contributed by atoms with Crippen LogP contribution in [0.1, 0.15) is 53.0 Å². The summed E-state index contributed by atoms with van der Waals surface area (Å²) in [5.74, 6) is 0.0903. The zero-order valence-electron chi connectivity index (χ0n) is 15.0. The van der Waals surface area contributed by atoms with Crippen LogP contribution in [0, 0.1) is 5.92 Å². The Balaban J connectivity index is 2.87. The number of rotatable bonds is 7. The molecule has 1 rings (SSSR count). The van der Waals surface area contributed by atoms with Gasteiger partial charge in [-0.25, -0.2) is 4.79 Å². The van der Waals surface area contributed by atoms with E-state index >= 15 is 0 Å². The van der Waals surface area contributed by atoms with Gasteiger partial charge in [0, 0.05) is 12.5 Å². The summed E-state index contributed by atoms with van der Waals surface area (Å²) < 4.78 is 5.45. The molecule has 128 valence electrons. The van der Waals surface area contributed by atoms with Gasteiger partial charge in [-0.1, -0.05) is 44.2 Å². The summed E-state index contributed by atoms with van der Waals surface area (Å²) in [6.45, 7) is 9.96. The van der Waals surface area contributed by atoms with Crippen molar-refractivity contribution in [2.45, 2.75) is 59.6 Å². The summed E-state index contributed by atoms with van der Waals surface area (Å²) in [6, 6.07) is 9.66. The average Bonchev–Trinajstić information content (AvgIpc) is 2.47. The first-order valence-electron chi connectivity index (χ1n) is 8.31. The number of ketones is 1. The number of carbonyl (C=O) groups is 2. The molecule has 0 aromatic heterocycles. The van der Waals surface area contributed by atoms with Crippen molar-refractivity contribution in [2.24, 2.45) is 5.92 Å². The van der Waals surface area contributed by atoms with Gasteiger partial charge in [0.2, 0.25) is 0 Å². The zero-order valence-corrected chi connectivity index (χ0v) is 15.0. The molecule has 0 atom stereocenters. The minimum Gasteiger partial charge on any atom is -0.444 e. The topological polar surface area (TPSA) is 46.6 Å². The second kappa shape index (κ2) is 8.70. The van der Waals surface area contributed by atoms with Crippen LogP contribution in [-0.2, 0) is 16.1 Å². The standard InChI is InChI=1S/C19H29NO3/c1-6-16(7-2)17(21)14-20(18(22)23-19(3,4)5)13-15-11-9-8-10-12-15/h8-12,16H,6-7,13-14H2,1-5H3. The lowest BCUT2D eigenvalue weighted by atomic mass is 9.98. The fourth-order valence-electron chi connectivity index (χ4n) is 2.38. The van der Waals surface area contributed by atoms with Crippen molar-refractivity contribution in [1.82, 2.24) is 4.90 Å². The second-order valence-corrected chi connectivity index (χ2v) is 6.80. The number of nitrogens with zero attached hydrogens (tertiary/aromatic N) is 1. The minimum absolute atomic E-state index is 0.00397. The average molecular weight is 319 g/mol. The molecule has 0 spiro atoms. The molecule has 0 heterocycles. The molecule has 0 saturated carbocycles. The molecule has 0 aliphatic rings. The predicted octanol–water partition coefficient (Wildman–Crippen LogP) is 4.43. The highest BCUT2D eigenvalue weighted by molar-refractivity contribution is 5.86. The Labute approximate surface area is 139 Å². The van der Waals surface area contributed by atoms with Crippen LogP contribution in [0.5, 0.6) is 0 Å². The SMILES string of the molecule is CCC(CC)C(=O)CN(Cc1ccccc1)C(=O)OC(C)(C)C. The Kier molecular flexibility index (Phi) is 7.27. The summed E-state index contributed by atoms with van der Waals surface area (Å²) in [5.41, 5.74) is 0.403. The minimum atomic E-state index is -0.579. The highest BCUT2D eigenvalue weighted by atomic mass is 16.6. The van der Waals surface area contributed by atoms with Gasteiger partial charge in [-0.15, -0.1) is 0 Å². The zero-order chi connectivity index (χ0) is 17.5. The first-order valence-corrected chi connectivity index (χ1v) is 8.31. The van der Waals surface area contributed by atoms with Crippen molar-refractivity contribution in [3.8, 4) is 0 Å². The lowest BCUT2D eigenvalue weighted by Gasteiger charge is -2.28. The van der Waals surface area contributed by atoms with Gasteiger partial charge in [-0.3, -0.25) is 9.69 Å². The van der Waals surface area contributed by atoms with Gasteiger partial charge in [-0.05, 0) is 39.2 Å². The number of benzene rings is 1. The summed E-state index contributed by atoms with van der Waals surface area (Å²) in [4.78, 5) is 26.4. The highest BCUT2D eigenvalue weighted by Gasteiger charge is 2.26. The van der Waals surface area contributed by atoms with Crippen LogP contribution >= 0.6 is 0 Å². The van der Waals surface area contributed by atoms with Crippen molar-refractivity contribution in [3.63, 3.8) is 0 Å². The van der Waals surface area contributed by atoms with Crippen molar-refractivity contribution in [1.29, 1.82) is 0 Å². The van der Waals surface area contributed by atoms with E-state index in [0.29, 0.717) is 6.54 Å². The first-order chi connectivity index (χ1) is 10.8. The van der Waals surface area contributed by atoms with Crippen LogP contribution in [0.15, 0.2) is 30.3 Å². The van der Waals surface area contributed by atoms with E-state index in [4.69, 9.17) is 4.74 Å². The quantitative estimate of drug-likeness (QED) is 0.747. The van der Waals surface area contributed by atoms with Crippen LogP contribution in [0.4, 0.5) is 4.79 Å². The van der Waals surface area contributed by atoms with Gasteiger partial charge in [0.05, 0.1) is 6.54 Å². The number of ether oxygens (including phenoxy) is 1. The molecule has 0 radical (unpaired) electrons. The fourth-order valence-corrected chi connectivity index (χ4v) is 2.38. The molecule has 4 nitrogen and oxygen atoms in total. The predicted molar refractivity (Wildman–Crippen MR) is 92.2 cm³/mol. The van der Waals surface area contributed by atoms with E-state index in [1.807, 2.05) is 65.0 Å². The molecule has 0 unspecified atom stereocenters. The smallest absolute Gasteiger partial charge is 0.410 e. The summed E-state index contributed by atoms with van der Waals surface area (Å²) >= 11 is 0. The molecule has 0 saturated heterocycles. The summed E-state index contributed by atoms with van der Waals surface area (Å²) in [7, 11) is 0. The van der Waals surface area contributed by atoms with Crippen LogP contribution in [-0.4, -0.2) is 28.9 Å². The van der Waals surface area contributed by atoms with Gasteiger partial charge in [0.25, 0.3) is 0 Å². The maximum atomic E-state index is 12.4. The molecule has 23 heavy (non-hydrogen) atoms. The van der Waals surface area contributed by atoms with Crippen LogP contribution in [0.3, 0.4) is 0 Å². The van der Waals surface area contributed by atoms with E-state index in [1.54, 1.807) is 0 Å². The Bertz CT molecular complexity index is 501. The van der Waals surface area contributed by atoms with Gasteiger partial charge in [0.15, 0.2) is 5.78 Å². The molecule has 1 amide bonds.